The van der Waals surface area contributed by atoms with E-state index < -0.39 is 12.1 Å². The molecule has 6 aromatic rings. The Balaban J connectivity index is 1.17. The van der Waals surface area contributed by atoms with Gasteiger partial charge in [-0.25, -0.2) is 14.8 Å². The molecule has 0 saturated carbocycles. The number of hydrogen-bond acceptors (Lipinski definition) is 10. The maximum atomic E-state index is 13.7. The summed E-state index contributed by atoms with van der Waals surface area (Å²) in [5.74, 6) is 2.63. The van der Waals surface area contributed by atoms with Crippen molar-refractivity contribution in [2.45, 2.75) is 83.8 Å². The number of hydrogen-bond donors (Lipinski definition) is 5. The van der Waals surface area contributed by atoms with Gasteiger partial charge >= 0.3 is 6.09 Å². The van der Waals surface area contributed by atoms with Gasteiger partial charge in [-0.1, -0.05) is 33.8 Å². The van der Waals surface area contributed by atoms with Crippen molar-refractivity contribution in [3.05, 3.63) is 54.2 Å². The zero-order valence-electron chi connectivity index (χ0n) is 31.9. The van der Waals surface area contributed by atoms with E-state index in [-0.39, 0.29) is 29.8 Å². The van der Waals surface area contributed by atoms with Crippen LogP contribution < -0.4 is 16.5 Å². The average Bonchev–Trinajstić information content (AvgIpc) is 3.98. The predicted octanol–water partition coefficient (Wildman–Crippen LogP) is 6.83. The maximum absolute atomic E-state index is 13.7. The van der Waals surface area contributed by atoms with Crippen molar-refractivity contribution in [2.24, 2.45) is 17.6 Å². The van der Waals surface area contributed by atoms with Crippen LogP contribution in [0.25, 0.3) is 55.3 Å². The molecule has 1 aliphatic rings. The molecule has 2 aromatic carbocycles. The molecule has 0 aliphatic carbocycles. The van der Waals surface area contributed by atoms with Crippen LogP contribution in [0.5, 0.6) is 0 Å². The third-order valence-electron chi connectivity index (χ3n) is 10.8. The number of nitrogens with one attached hydrogen (secondary N) is 4. The molecule has 14 heteroatoms. The number of benzene rings is 2. The van der Waals surface area contributed by atoms with Crippen molar-refractivity contribution >= 4 is 55.9 Å². The number of H-pyrrole nitrogens is 2. The molecule has 54 heavy (non-hydrogen) atoms. The molecule has 1 saturated heterocycles. The summed E-state index contributed by atoms with van der Waals surface area (Å²) in [4.78, 5) is 54.7. The van der Waals surface area contributed by atoms with Crippen LogP contribution in [0.3, 0.4) is 0 Å². The number of rotatable bonds is 14. The largest absolute Gasteiger partial charge is 0.454 e. The third kappa shape index (κ3) is 7.25. The van der Waals surface area contributed by atoms with E-state index in [1.165, 1.54) is 7.11 Å². The van der Waals surface area contributed by atoms with Gasteiger partial charge in [-0.15, -0.1) is 0 Å². The predicted molar refractivity (Wildman–Crippen MR) is 209 cm³/mol. The number of aromatic amines is 2. The molecule has 1 fully saturated rings. The highest BCUT2D eigenvalue weighted by molar-refractivity contribution is 6.05. The number of aromatic nitrogens is 5. The van der Waals surface area contributed by atoms with Crippen LogP contribution in [0.2, 0.25) is 0 Å². The highest BCUT2D eigenvalue weighted by atomic mass is 16.6. The molecule has 1 unspecified atom stereocenters. The summed E-state index contributed by atoms with van der Waals surface area (Å²) >= 11 is 0. The molecule has 286 valence electrons. The Morgan fingerprint density at radius 1 is 1.02 bits per heavy atom. The molecule has 1 aliphatic heterocycles. The number of hydroxylamine groups is 1. The fourth-order valence-corrected chi connectivity index (χ4v) is 7.76. The summed E-state index contributed by atoms with van der Waals surface area (Å²) in [5, 5.41) is 4.63. The molecule has 2 amide bonds. The van der Waals surface area contributed by atoms with Crippen LogP contribution in [0.1, 0.15) is 83.4 Å². The maximum Gasteiger partial charge on any atom is 0.407 e. The topological polar surface area (TPSA) is 189 Å². The second-order valence-electron chi connectivity index (χ2n) is 15.1. The van der Waals surface area contributed by atoms with Crippen LogP contribution in [-0.2, 0) is 14.4 Å². The lowest BCUT2D eigenvalue weighted by Gasteiger charge is -2.29. The number of furan rings is 1. The second kappa shape index (κ2) is 15.7. The quantitative estimate of drug-likeness (QED) is 0.0741. The van der Waals surface area contributed by atoms with E-state index >= 15 is 0 Å². The number of methoxy groups -OCH3 is 1. The van der Waals surface area contributed by atoms with E-state index in [1.54, 1.807) is 7.11 Å². The first-order valence-electron chi connectivity index (χ1n) is 18.9. The highest BCUT2D eigenvalue weighted by Crippen LogP contribution is 2.38. The van der Waals surface area contributed by atoms with E-state index in [1.807, 2.05) is 49.2 Å². The Bertz CT molecular complexity index is 2270. The Labute approximate surface area is 313 Å². The van der Waals surface area contributed by atoms with Crippen molar-refractivity contribution in [1.29, 1.82) is 0 Å². The fourth-order valence-electron chi connectivity index (χ4n) is 7.76. The monoisotopic (exact) mass is 737 g/mol. The Kier molecular flexibility index (Phi) is 10.9. The first-order chi connectivity index (χ1) is 26.1. The number of pyridine rings is 1. The van der Waals surface area contributed by atoms with Crippen LogP contribution in [0.15, 0.2) is 47.0 Å². The van der Waals surface area contributed by atoms with Crippen molar-refractivity contribution in [3.8, 4) is 11.3 Å². The van der Waals surface area contributed by atoms with Gasteiger partial charge in [0.25, 0.3) is 0 Å². The fraction of sp³-hybridized carbons (Fsp3) is 0.475. The average molecular weight is 738 g/mol. The number of carbonyl (C=O) groups is 2. The first kappa shape index (κ1) is 37.3. The van der Waals surface area contributed by atoms with E-state index in [9.17, 15) is 9.59 Å². The molecule has 7 rings (SSSR count). The van der Waals surface area contributed by atoms with Crippen molar-refractivity contribution in [2.75, 3.05) is 27.3 Å². The van der Waals surface area contributed by atoms with E-state index in [4.69, 9.17) is 34.7 Å². The van der Waals surface area contributed by atoms with Gasteiger partial charge in [-0.2, -0.15) is 5.48 Å². The summed E-state index contributed by atoms with van der Waals surface area (Å²) < 4.78 is 11.3. The first-order valence-corrected chi connectivity index (χ1v) is 18.9. The van der Waals surface area contributed by atoms with Gasteiger partial charge in [0.15, 0.2) is 5.58 Å². The molecule has 0 spiro atoms. The van der Waals surface area contributed by atoms with Crippen LogP contribution >= 0.6 is 0 Å². The molecule has 4 atom stereocenters. The van der Waals surface area contributed by atoms with Crippen molar-refractivity contribution < 1.29 is 23.6 Å². The molecule has 14 nitrogen and oxygen atoms in total. The number of imidazole rings is 2. The summed E-state index contributed by atoms with van der Waals surface area (Å²) in [5.41, 5.74) is 14.8. The minimum absolute atomic E-state index is 0.117. The van der Waals surface area contributed by atoms with Gasteiger partial charge in [-0.05, 0) is 80.8 Å². The lowest BCUT2D eigenvalue weighted by Crippen LogP contribution is -2.51. The SMILES string of the molecule is CON[C@H](CC(CCCN)c1nc2cnc3cc(-c4cc5ccc6nc([C@@H]7CCCN7C(=O)[C@@H](NC(=O)OC)C(C)C)[nH]c6c5o4)ccc3c2[nH]1)C(C)C. The third-order valence-corrected chi connectivity index (χ3v) is 10.8. The molecule has 5 heterocycles. The number of ether oxygens (including phenoxy) is 1. The van der Waals surface area contributed by atoms with Crippen LogP contribution in [0.4, 0.5) is 4.79 Å². The summed E-state index contributed by atoms with van der Waals surface area (Å²) in [7, 11) is 2.95. The van der Waals surface area contributed by atoms with Crippen molar-refractivity contribution in [1.82, 2.24) is 40.6 Å². The van der Waals surface area contributed by atoms with Gasteiger partial charge in [0, 0.05) is 34.8 Å². The minimum atomic E-state index is -0.705. The molecule has 6 N–H and O–H groups in total. The standard InChI is InChI=1S/C40H51N9O5/c1-21(2)28(48-53-6)18-25(9-7-15-41)37-44-30-20-42-29-17-23(11-13-26(29)34(30)45-37)32-19-24-12-14-27-35(36(24)54-32)46-38(43-27)31-10-8-16-49(31)39(50)33(22(3)4)47-40(51)52-5/h11-14,17,19-22,25,28,31,33,48H,7-10,15-16,18,41H2,1-6H3,(H,43,46)(H,44,45)(H,47,51)/t25?,28-,31+,33+/m1/s1. The number of carbonyl (C=O) groups excluding carboxylic acids is 2. The Morgan fingerprint density at radius 2 is 1.85 bits per heavy atom. The lowest BCUT2D eigenvalue weighted by atomic mass is 9.89. The molecule has 4 aromatic heterocycles. The van der Waals surface area contributed by atoms with Gasteiger partial charge in [0.1, 0.15) is 34.5 Å². The second-order valence-corrected chi connectivity index (χ2v) is 15.1. The van der Waals surface area contributed by atoms with Crippen LogP contribution in [-0.4, -0.2) is 81.2 Å². The molecule has 0 radical (unpaired) electrons. The minimum Gasteiger partial charge on any atom is -0.454 e. The number of fused-ring (bicyclic) bond motifs is 6. The van der Waals surface area contributed by atoms with Gasteiger partial charge in [-0.3, -0.25) is 9.78 Å². The van der Waals surface area contributed by atoms with Crippen molar-refractivity contribution in [3.63, 3.8) is 0 Å². The zero-order chi connectivity index (χ0) is 38.1. The van der Waals surface area contributed by atoms with E-state index in [2.05, 4.69) is 46.7 Å². The molecular formula is C40H51N9O5. The lowest BCUT2D eigenvalue weighted by molar-refractivity contribution is -0.135. The van der Waals surface area contributed by atoms with Crippen LogP contribution in [0, 0.1) is 11.8 Å². The van der Waals surface area contributed by atoms with Gasteiger partial charge in [0.2, 0.25) is 5.91 Å². The summed E-state index contributed by atoms with van der Waals surface area (Å²) in [6.45, 7) is 9.39. The normalized spacial score (nSPS) is 16.7. The zero-order valence-corrected chi connectivity index (χ0v) is 31.9. The number of amides is 2. The number of nitrogens with zero attached hydrogens (tertiary/aromatic N) is 4. The van der Waals surface area contributed by atoms with Gasteiger partial charge in [0.05, 0.1) is 43.0 Å². The number of alkyl carbamates (subject to hydrolysis) is 1. The highest BCUT2D eigenvalue weighted by Gasteiger charge is 2.38. The summed E-state index contributed by atoms with van der Waals surface area (Å²) in [6, 6.07) is 11.4. The Morgan fingerprint density at radius 3 is 2.59 bits per heavy atom. The van der Waals surface area contributed by atoms with Gasteiger partial charge < -0.3 is 39.9 Å². The molecular weight excluding hydrogens is 686 g/mol. The smallest absolute Gasteiger partial charge is 0.407 e. The summed E-state index contributed by atoms with van der Waals surface area (Å²) in [6.07, 6.45) is 5.47. The molecule has 0 bridgehead atoms. The number of nitrogens with two attached hydrogens (primary N) is 1. The van der Waals surface area contributed by atoms with E-state index in [0.29, 0.717) is 36.2 Å². The Hall–Kier alpha value is -5.05. The van der Waals surface area contributed by atoms with E-state index in [0.717, 1.165) is 81.8 Å². The number of likely N-dealkylation sites (tertiary alicyclic amines) is 1.